The molecule has 1 atom stereocenters. The number of hydrogen-bond donors (Lipinski definition) is 2. The van der Waals surface area contributed by atoms with Crippen LogP contribution in [0.25, 0.3) is 5.57 Å². The first-order valence-corrected chi connectivity index (χ1v) is 12.1. The third-order valence-corrected chi connectivity index (χ3v) is 6.80. The Balaban J connectivity index is 0.000000408. The summed E-state index contributed by atoms with van der Waals surface area (Å²) >= 11 is 0. The molecule has 5 rings (SSSR count). The van der Waals surface area contributed by atoms with Gasteiger partial charge in [0.25, 0.3) is 0 Å². The Labute approximate surface area is 199 Å². The number of allylic oxidation sites excluding steroid dienone is 2. The molecule has 34 heavy (non-hydrogen) atoms. The molecule has 182 valence electrons. The van der Waals surface area contributed by atoms with Crippen LogP contribution in [0.1, 0.15) is 67.3 Å². The Hall–Kier alpha value is -2.97. The Kier molecular flexibility index (Phi) is 7.80. The first-order valence-electron chi connectivity index (χ1n) is 12.1. The predicted octanol–water partition coefficient (Wildman–Crippen LogP) is 3.75. The van der Waals surface area contributed by atoms with Gasteiger partial charge in [0, 0.05) is 25.8 Å². The van der Waals surface area contributed by atoms with E-state index < -0.39 is 11.9 Å². The van der Waals surface area contributed by atoms with Crippen molar-refractivity contribution in [1.82, 2.24) is 14.5 Å². The molecule has 1 fully saturated rings. The van der Waals surface area contributed by atoms with Crippen LogP contribution in [0.15, 0.2) is 36.5 Å². The summed E-state index contributed by atoms with van der Waals surface area (Å²) in [4.78, 5) is 25.8. The fraction of sp³-hybridized carbons (Fsp3) is 0.500. The zero-order valence-corrected chi connectivity index (χ0v) is 19.7. The molecular formula is C26H33N3O5. The molecule has 1 saturated heterocycles. The summed E-state index contributed by atoms with van der Waals surface area (Å²) in [7, 11) is 2.20. The summed E-state index contributed by atoms with van der Waals surface area (Å²) in [6.45, 7) is 3.22. The molecule has 2 N–H and O–H groups in total. The van der Waals surface area contributed by atoms with Crippen molar-refractivity contribution in [3.8, 4) is 0 Å². The van der Waals surface area contributed by atoms with Crippen molar-refractivity contribution in [3.63, 3.8) is 0 Å². The maximum absolute atomic E-state index is 9.10. The zero-order chi connectivity index (χ0) is 24.1. The summed E-state index contributed by atoms with van der Waals surface area (Å²) in [5, 5.41) is 14.8. The topological polar surface area (TPSA) is 105 Å². The van der Waals surface area contributed by atoms with E-state index in [4.69, 9.17) is 29.5 Å². The van der Waals surface area contributed by atoms with Crippen LogP contribution in [0.4, 0.5) is 0 Å². The molecule has 1 aromatic heterocycles. The van der Waals surface area contributed by atoms with Gasteiger partial charge in [-0.3, -0.25) is 0 Å². The van der Waals surface area contributed by atoms with Crippen molar-refractivity contribution < 1.29 is 24.5 Å². The van der Waals surface area contributed by atoms with Crippen molar-refractivity contribution >= 4 is 17.5 Å². The number of imidazole rings is 1. The molecular weight excluding hydrogens is 434 g/mol. The minimum Gasteiger partial charge on any atom is -0.473 e. The third kappa shape index (κ3) is 5.74. The van der Waals surface area contributed by atoms with Crippen LogP contribution < -0.4 is 0 Å². The standard InChI is InChI=1S/C24H31N3O.C2H2O4/c1-26-14-12-20(13-15-26)28-23-21-10-6-5-7-18(21)11-16-27-17-22(25-24(23)27)19-8-3-2-4-9-19;3-1(4)2(5)6/h5-8,10,17,20,23H,2-4,9,11-16H2,1H3;(H,3,4)(H,5,6). The largest absolute Gasteiger partial charge is 0.473 e. The highest BCUT2D eigenvalue weighted by Gasteiger charge is 2.31. The lowest BCUT2D eigenvalue weighted by Gasteiger charge is -2.32. The number of carboxylic acids is 2. The molecule has 0 amide bonds. The number of benzene rings is 1. The molecule has 8 heteroatoms. The number of hydrogen-bond acceptors (Lipinski definition) is 5. The number of ether oxygens (including phenoxy) is 1. The molecule has 1 aromatic carbocycles. The van der Waals surface area contributed by atoms with Gasteiger partial charge >= 0.3 is 11.9 Å². The number of fused-ring (bicyclic) bond motifs is 2. The van der Waals surface area contributed by atoms with Crippen molar-refractivity contribution in [2.75, 3.05) is 20.1 Å². The van der Waals surface area contributed by atoms with Crippen LogP contribution in [-0.2, 0) is 27.3 Å². The highest BCUT2D eigenvalue weighted by Crippen LogP contribution is 2.36. The first-order chi connectivity index (χ1) is 16.4. The molecule has 0 saturated carbocycles. The minimum absolute atomic E-state index is 0.0509. The highest BCUT2D eigenvalue weighted by molar-refractivity contribution is 6.27. The van der Waals surface area contributed by atoms with Gasteiger partial charge in [0.2, 0.25) is 0 Å². The van der Waals surface area contributed by atoms with Crippen LogP contribution in [0.5, 0.6) is 0 Å². The molecule has 1 aliphatic carbocycles. The second kappa shape index (κ2) is 11.0. The van der Waals surface area contributed by atoms with E-state index in [0.29, 0.717) is 6.10 Å². The lowest BCUT2D eigenvalue weighted by Crippen LogP contribution is -2.35. The van der Waals surface area contributed by atoms with E-state index >= 15 is 0 Å². The van der Waals surface area contributed by atoms with Gasteiger partial charge < -0.3 is 24.4 Å². The van der Waals surface area contributed by atoms with Gasteiger partial charge in [-0.25, -0.2) is 14.6 Å². The lowest BCUT2D eigenvalue weighted by molar-refractivity contribution is -0.159. The van der Waals surface area contributed by atoms with Gasteiger partial charge in [-0.05, 0) is 68.7 Å². The summed E-state index contributed by atoms with van der Waals surface area (Å²) < 4.78 is 9.15. The van der Waals surface area contributed by atoms with E-state index in [9.17, 15) is 0 Å². The van der Waals surface area contributed by atoms with Gasteiger partial charge in [-0.1, -0.05) is 30.3 Å². The summed E-state index contributed by atoms with van der Waals surface area (Å²) in [6.07, 6.45) is 13.1. The lowest BCUT2D eigenvalue weighted by atomic mass is 9.97. The molecule has 1 unspecified atom stereocenters. The third-order valence-electron chi connectivity index (χ3n) is 6.80. The van der Waals surface area contributed by atoms with Crippen LogP contribution >= 0.6 is 0 Å². The van der Waals surface area contributed by atoms with E-state index in [-0.39, 0.29) is 6.10 Å². The normalized spacial score (nSPS) is 20.7. The number of carbonyl (C=O) groups is 2. The van der Waals surface area contributed by atoms with Gasteiger partial charge in [0.1, 0.15) is 11.9 Å². The Morgan fingerprint density at radius 3 is 2.44 bits per heavy atom. The fourth-order valence-corrected chi connectivity index (χ4v) is 4.89. The summed E-state index contributed by atoms with van der Waals surface area (Å²) in [6, 6.07) is 8.81. The molecule has 3 heterocycles. The van der Waals surface area contributed by atoms with Crippen molar-refractivity contribution in [2.45, 2.75) is 63.7 Å². The van der Waals surface area contributed by atoms with Gasteiger partial charge in [-0.2, -0.15) is 0 Å². The van der Waals surface area contributed by atoms with Crippen LogP contribution in [0, 0.1) is 0 Å². The Bertz CT molecular complexity index is 1040. The smallest absolute Gasteiger partial charge is 0.414 e. The first kappa shape index (κ1) is 24.2. The van der Waals surface area contributed by atoms with Gasteiger partial charge in [0.15, 0.2) is 0 Å². The zero-order valence-electron chi connectivity index (χ0n) is 19.7. The maximum atomic E-state index is 9.10. The molecule has 2 aliphatic heterocycles. The number of piperidine rings is 1. The van der Waals surface area contributed by atoms with E-state index in [1.165, 1.54) is 41.7 Å². The molecule has 0 spiro atoms. The quantitative estimate of drug-likeness (QED) is 0.663. The van der Waals surface area contributed by atoms with Crippen molar-refractivity contribution in [3.05, 3.63) is 59.2 Å². The second-order valence-corrected chi connectivity index (χ2v) is 9.23. The molecule has 0 bridgehead atoms. The molecule has 8 nitrogen and oxygen atoms in total. The van der Waals surface area contributed by atoms with E-state index in [2.05, 4.69) is 53.1 Å². The number of aromatic nitrogens is 2. The second-order valence-electron chi connectivity index (χ2n) is 9.23. The SMILES string of the molecule is CN1CCC(OC2c3ccccc3CCn3cc(C4=CCCCC4)nc32)CC1.O=C(O)C(=O)O. The molecule has 3 aliphatic rings. The van der Waals surface area contributed by atoms with Crippen molar-refractivity contribution in [2.24, 2.45) is 0 Å². The molecule has 0 radical (unpaired) electrons. The van der Waals surface area contributed by atoms with Gasteiger partial charge in [0.05, 0.1) is 11.8 Å². The van der Waals surface area contributed by atoms with Crippen LogP contribution in [0.2, 0.25) is 0 Å². The number of aliphatic carboxylic acids is 2. The highest BCUT2D eigenvalue weighted by atomic mass is 16.5. The van der Waals surface area contributed by atoms with Gasteiger partial charge in [-0.15, -0.1) is 0 Å². The van der Waals surface area contributed by atoms with E-state index in [0.717, 1.165) is 51.1 Å². The summed E-state index contributed by atoms with van der Waals surface area (Å²) in [5.74, 6) is -2.55. The number of rotatable bonds is 3. The van der Waals surface area contributed by atoms with E-state index in [1.54, 1.807) is 0 Å². The summed E-state index contributed by atoms with van der Waals surface area (Å²) in [5.41, 5.74) is 5.32. The Morgan fingerprint density at radius 2 is 1.76 bits per heavy atom. The molecule has 2 aromatic rings. The van der Waals surface area contributed by atoms with Crippen molar-refractivity contribution in [1.29, 1.82) is 0 Å². The van der Waals surface area contributed by atoms with Crippen LogP contribution in [0.3, 0.4) is 0 Å². The maximum Gasteiger partial charge on any atom is 0.414 e. The number of aryl methyl sites for hydroxylation is 2. The minimum atomic E-state index is -1.82. The number of nitrogens with zero attached hydrogens (tertiary/aromatic N) is 3. The monoisotopic (exact) mass is 467 g/mol. The Morgan fingerprint density at radius 1 is 1.03 bits per heavy atom. The average Bonchev–Trinajstić information content (AvgIpc) is 3.22. The predicted molar refractivity (Wildman–Crippen MR) is 128 cm³/mol. The fourth-order valence-electron chi connectivity index (χ4n) is 4.89. The number of likely N-dealkylation sites (tertiary alicyclic amines) is 1. The number of carboxylic acid groups (broad SMARTS) is 2. The van der Waals surface area contributed by atoms with E-state index in [1.807, 2.05) is 0 Å². The average molecular weight is 468 g/mol. The van der Waals surface area contributed by atoms with Crippen LogP contribution in [-0.4, -0.2) is 62.8 Å².